The molecule has 9 heteroatoms. The van der Waals surface area contributed by atoms with Crippen molar-refractivity contribution in [3.8, 4) is 0 Å². The summed E-state index contributed by atoms with van der Waals surface area (Å²) in [6, 6.07) is 1.13. The molecule has 136 valence electrons. The summed E-state index contributed by atoms with van der Waals surface area (Å²) < 4.78 is 26.8. The molecule has 4 atom stereocenters. The molecule has 2 fully saturated rings. The second-order valence-corrected chi connectivity index (χ2v) is 13.2. The highest BCUT2D eigenvalue weighted by molar-refractivity contribution is 6.78. The molecule has 0 aromatic rings. The van der Waals surface area contributed by atoms with Gasteiger partial charge in [0.15, 0.2) is 0 Å². The highest BCUT2D eigenvalue weighted by Crippen LogP contribution is 2.20. The van der Waals surface area contributed by atoms with Crippen molar-refractivity contribution in [3.63, 3.8) is 0 Å². The minimum Gasteiger partial charge on any atom is -0.415 e. The van der Waals surface area contributed by atoms with Gasteiger partial charge in [-0.2, -0.15) is 0 Å². The molecule has 0 aliphatic carbocycles. The SMILES string of the molecule is C[Si](O)(CCCOCC1CO1)O[Si](C)(O)CCCOCC1CO1. The van der Waals surface area contributed by atoms with Crippen molar-refractivity contribution in [3.05, 3.63) is 0 Å². The first-order valence-electron chi connectivity index (χ1n) is 8.40. The largest absolute Gasteiger partial charge is 0.415 e. The van der Waals surface area contributed by atoms with Gasteiger partial charge in [0.05, 0.1) is 26.4 Å². The van der Waals surface area contributed by atoms with Gasteiger partial charge in [0.1, 0.15) is 12.2 Å². The van der Waals surface area contributed by atoms with Gasteiger partial charge in [-0.3, -0.25) is 0 Å². The van der Waals surface area contributed by atoms with Crippen LogP contribution in [0.25, 0.3) is 0 Å². The fraction of sp³-hybridized carbons (Fsp3) is 1.00. The molecule has 2 rings (SSSR count). The van der Waals surface area contributed by atoms with Gasteiger partial charge in [-0.25, -0.2) is 0 Å². The standard InChI is InChI=1S/C14H30O7Si2/c1-22(15,7-3-5-17-9-13-11-19-13)21-23(2,16)8-4-6-18-10-14-12-20-14/h13-16H,3-12H2,1-2H3. The lowest BCUT2D eigenvalue weighted by Gasteiger charge is -2.30. The van der Waals surface area contributed by atoms with Crippen molar-refractivity contribution < 1.29 is 32.7 Å². The summed E-state index contributed by atoms with van der Waals surface area (Å²) in [5.74, 6) is 0. The van der Waals surface area contributed by atoms with Crippen LogP contribution in [-0.2, 0) is 23.1 Å². The van der Waals surface area contributed by atoms with Crippen molar-refractivity contribution in [1.82, 2.24) is 0 Å². The van der Waals surface area contributed by atoms with Crippen LogP contribution in [0.15, 0.2) is 0 Å². The molecular weight excluding hydrogens is 336 g/mol. The molecular formula is C14H30O7Si2. The quantitative estimate of drug-likeness (QED) is 0.266. The van der Waals surface area contributed by atoms with Crippen molar-refractivity contribution in [2.75, 3.05) is 39.6 Å². The lowest BCUT2D eigenvalue weighted by Crippen LogP contribution is -2.48. The third-order valence-electron chi connectivity index (χ3n) is 3.71. The van der Waals surface area contributed by atoms with E-state index >= 15 is 0 Å². The van der Waals surface area contributed by atoms with Crippen molar-refractivity contribution in [1.29, 1.82) is 0 Å². The lowest BCUT2D eigenvalue weighted by molar-refractivity contribution is 0.114. The van der Waals surface area contributed by atoms with Gasteiger partial charge in [0, 0.05) is 13.2 Å². The van der Waals surface area contributed by atoms with Crippen molar-refractivity contribution in [2.24, 2.45) is 0 Å². The molecule has 2 N–H and O–H groups in total. The third-order valence-corrected chi connectivity index (χ3v) is 9.79. The van der Waals surface area contributed by atoms with Crippen LogP contribution in [0.4, 0.5) is 0 Å². The molecule has 0 amide bonds. The number of rotatable bonds is 14. The van der Waals surface area contributed by atoms with E-state index in [-0.39, 0.29) is 12.2 Å². The molecule has 0 spiro atoms. The minimum atomic E-state index is -2.84. The fourth-order valence-corrected chi connectivity index (χ4v) is 8.54. The Hall–Kier alpha value is 0.154. The van der Waals surface area contributed by atoms with Crippen LogP contribution in [0, 0.1) is 0 Å². The van der Waals surface area contributed by atoms with E-state index in [9.17, 15) is 9.59 Å². The Bertz CT molecular complexity index is 314. The summed E-state index contributed by atoms with van der Waals surface area (Å²) in [5, 5.41) is 0. The minimum absolute atomic E-state index is 0.269. The Morgan fingerprint density at radius 3 is 1.61 bits per heavy atom. The predicted molar refractivity (Wildman–Crippen MR) is 88.7 cm³/mol. The van der Waals surface area contributed by atoms with Crippen LogP contribution in [0.5, 0.6) is 0 Å². The zero-order valence-electron chi connectivity index (χ0n) is 14.2. The average Bonchev–Trinajstić information content (AvgIpc) is 3.31. The highest BCUT2D eigenvalue weighted by atomic mass is 28.5. The van der Waals surface area contributed by atoms with E-state index in [1.165, 1.54) is 0 Å². The fourth-order valence-electron chi connectivity index (χ4n) is 2.34. The number of epoxide rings is 2. The molecule has 23 heavy (non-hydrogen) atoms. The van der Waals surface area contributed by atoms with E-state index < -0.39 is 17.1 Å². The molecule has 0 radical (unpaired) electrons. The maximum absolute atomic E-state index is 10.4. The summed E-state index contributed by atoms with van der Waals surface area (Å²) >= 11 is 0. The van der Waals surface area contributed by atoms with Crippen LogP contribution in [-0.4, -0.2) is 78.6 Å². The monoisotopic (exact) mass is 366 g/mol. The van der Waals surface area contributed by atoms with E-state index in [2.05, 4.69) is 0 Å². The van der Waals surface area contributed by atoms with Crippen molar-refractivity contribution >= 4 is 17.1 Å². The number of hydrogen-bond acceptors (Lipinski definition) is 7. The number of ether oxygens (including phenoxy) is 4. The van der Waals surface area contributed by atoms with Crippen LogP contribution >= 0.6 is 0 Å². The van der Waals surface area contributed by atoms with E-state index in [1.807, 2.05) is 0 Å². The predicted octanol–water partition coefficient (Wildman–Crippen LogP) is 0.743. The van der Waals surface area contributed by atoms with Gasteiger partial charge in [-0.05, 0) is 38.0 Å². The molecule has 2 aliphatic rings. The first kappa shape index (κ1) is 19.5. The molecule has 0 aromatic heterocycles. The Morgan fingerprint density at radius 1 is 0.870 bits per heavy atom. The summed E-state index contributed by atoms with van der Waals surface area (Å²) in [5.41, 5.74) is 0. The van der Waals surface area contributed by atoms with Gasteiger partial charge >= 0.3 is 17.1 Å². The lowest BCUT2D eigenvalue weighted by atomic mass is 10.5. The molecule has 2 heterocycles. The highest BCUT2D eigenvalue weighted by Gasteiger charge is 2.38. The van der Waals surface area contributed by atoms with E-state index in [0.29, 0.717) is 38.5 Å². The average molecular weight is 367 g/mol. The van der Waals surface area contributed by atoms with Gasteiger partial charge in [-0.1, -0.05) is 0 Å². The maximum atomic E-state index is 10.4. The smallest absolute Gasteiger partial charge is 0.323 e. The topological polar surface area (TPSA) is 93.2 Å². The first-order valence-corrected chi connectivity index (χ1v) is 13.5. The molecule has 2 saturated heterocycles. The Kier molecular flexibility index (Phi) is 7.64. The molecule has 0 saturated carbocycles. The molecule has 2 aliphatic heterocycles. The first-order chi connectivity index (χ1) is 10.9. The normalized spacial score (nSPS) is 28.2. The van der Waals surface area contributed by atoms with E-state index in [1.54, 1.807) is 13.1 Å². The summed E-state index contributed by atoms with van der Waals surface area (Å²) in [4.78, 5) is 20.8. The Labute approximate surface area is 140 Å². The maximum Gasteiger partial charge on any atom is 0.323 e. The Balaban J connectivity index is 1.50. The summed E-state index contributed by atoms with van der Waals surface area (Å²) in [6.45, 7) is 7.49. The van der Waals surface area contributed by atoms with Crippen LogP contribution in [0.2, 0.25) is 25.2 Å². The molecule has 4 unspecified atom stereocenters. The van der Waals surface area contributed by atoms with Crippen molar-refractivity contribution in [2.45, 2.75) is 50.2 Å². The van der Waals surface area contributed by atoms with Gasteiger partial charge in [0.25, 0.3) is 0 Å². The van der Waals surface area contributed by atoms with E-state index in [0.717, 1.165) is 26.1 Å². The zero-order valence-corrected chi connectivity index (χ0v) is 16.2. The van der Waals surface area contributed by atoms with Gasteiger partial charge in [0.2, 0.25) is 0 Å². The zero-order chi connectivity index (χ0) is 16.8. The second-order valence-electron chi connectivity index (χ2n) is 6.72. The summed E-state index contributed by atoms with van der Waals surface area (Å²) in [7, 11) is -5.67. The Morgan fingerprint density at radius 2 is 1.26 bits per heavy atom. The van der Waals surface area contributed by atoms with Crippen LogP contribution in [0.1, 0.15) is 12.8 Å². The summed E-state index contributed by atoms with van der Waals surface area (Å²) in [6.07, 6.45) is 2.01. The molecule has 7 nitrogen and oxygen atoms in total. The van der Waals surface area contributed by atoms with Crippen LogP contribution in [0.3, 0.4) is 0 Å². The van der Waals surface area contributed by atoms with Gasteiger partial charge in [-0.15, -0.1) is 0 Å². The number of hydrogen-bond donors (Lipinski definition) is 2. The van der Waals surface area contributed by atoms with E-state index in [4.69, 9.17) is 23.1 Å². The molecule has 0 bridgehead atoms. The second kappa shape index (κ2) is 9.02. The third kappa shape index (κ3) is 9.90. The van der Waals surface area contributed by atoms with Gasteiger partial charge < -0.3 is 32.7 Å². The van der Waals surface area contributed by atoms with Crippen LogP contribution < -0.4 is 0 Å². The molecule has 0 aromatic carbocycles.